The van der Waals surface area contributed by atoms with Crippen LogP contribution in [0, 0.1) is 23.2 Å². The fourth-order valence-corrected chi connectivity index (χ4v) is 13.2. The zero-order valence-electron chi connectivity index (χ0n) is 73.5. The number of aliphatic hydroxyl groups excluding tert-OH is 3. The molecular formula is C91H94N24O19. The number of amides is 1. The minimum atomic E-state index is -1.09. The van der Waals surface area contributed by atoms with Crippen LogP contribution in [0.25, 0.3) is 45.6 Å². The van der Waals surface area contributed by atoms with Crippen molar-refractivity contribution in [2.75, 3.05) is 67.1 Å². The third kappa shape index (κ3) is 25.4. The molecule has 5 aliphatic rings. The molecule has 14 heterocycles. The highest BCUT2D eigenvalue weighted by molar-refractivity contribution is 5.81. The number of aliphatic hydroxyl groups is 3. The number of esters is 2. The van der Waals surface area contributed by atoms with Gasteiger partial charge in [0.1, 0.15) is 38.6 Å². The van der Waals surface area contributed by atoms with Crippen LogP contribution in [0.3, 0.4) is 0 Å². The highest BCUT2D eigenvalue weighted by atomic mass is 16.6. The third-order valence-electron chi connectivity index (χ3n) is 19.9. The number of carbonyl (C=O) groups excluding carboxylic acids is 3. The van der Waals surface area contributed by atoms with E-state index in [4.69, 9.17) is 83.2 Å². The Morgan fingerprint density at radius 3 is 1.14 bits per heavy atom. The Balaban J connectivity index is 0.000000131. The van der Waals surface area contributed by atoms with Gasteiger partial charge in [0.2, 0.25) is 23.3 Å². The lowest BCUT2D eigenvalue weighted by Crippen LogP contribution is -2.46. The van der Waals surface area contributed by atoms with E-state index in [1.54, 1.807) is 82.9 Å². The number of alkyl carbamates (subject to hydrolysis) is 1. The van der Waals surface area contributed by atoms with Gasteiger partial charge in [0.15, 0.2) is 65.3 Å². The number of nitrogens with two attached hydrogens (primary N) is 1. The van der Waals surface area contributed by atoms with Crippen LogP contribution in [0.2, 0.25) is 0 Å². The summed E-state index contributed by atoms with van der Waals surface area (Å²) in [5.41, 5.74) is 13.7. The number of aromatic amines is 1. The molecule has 7 N–H and O–H groups in total. The Kier molecular flexibility index (Phi) is 31.7. The lowest BCUT2D eigenvalue weighted by Gasteiger charge is -2.25. The van der Waals surface area contributed by atoms with E-state index in [1.807, 2.05) is 165 Å². The Morgan fingerprint density at radius 2 is 0.813 bits per heavy atom. The molecule has 0 unspecified atom stereocenters. The minimum absolute atomic E-state index is 0.0729. The van der Waals surface area contributed by atoms with Gasteiger partial charge >= 0.3 is 18.0 Å². The Bertz CT molecular complexity index is 6130. The number of hydrogen-bond donors (Lipinski definition) is 6. The van der Waals surface area contributed by atoms with Crippen molar-refractivity contribution in [2.45, 2.75) is 102 Å². The summed E-state index contributed by atoms with van der Waals surface area (Å²) in [5, 5.41) is 89.4. The van der Waals surface area contributed by atoms with Crippen LogP contribution in [0.4, 0.5) is 4.79 Å². The first-order valence-electron chi connectivity index (χ1n) is 42.1. The first kappa shape index (κ1) is 93.8. The van der Waals surface area contributed by atoms with Gasteiger partial charge in [-0.05, 0) is 167 Å². The Morgan fingerprint density at radius 1 is 0.463 bits per heavy atom. The molecule has 0 saturated heterocycles. The average Bonchev–Trinajstić information content (AvgIpc) is 1.10. The van der Waals surface area contributed by atoms with Crippen LogP contribution in [-0.2, 0) is 43.4 Å². The van der Waals surface area contributed by atoms with Gasteiger partial charge < -0.3 is 87.9 Å². The monoisotopic (exact) mass is 1830 g/mol. The number of methoxy groups -OCH3 is 2. The fourth-order valence-electron chi connectivity index (χ4n) is 13.2. The second-order valence-corrected chi connectivity index (χ2v) is 31.2. The topological polar surface area (TPSA) is 543 Å². The van der Waals surface area contributed by atoms with E-state index in [2.05, 4.69) is 108 Å². The Labute approximate surface area is 765 Å². The summed E-state index contributed by atoms with van der Waals surface area (Å²) in [6, 6.07) is 57.1. The molecular weight excluding hydrogens is 1730 g/mol. The molecule has 9 atom stereocenters. The van der Waals surface area contributed by atoms with Gasteiger partial charge in [-0.25, -0.2) is 34.5 Å². The van der Waals surface area contributed by atoms with Crippen molar-refractivity contribution < 1.29 is 91.3 Å². The zero-order chi connectivity index (χ0) is 93.9. The van der Waals surface area contributed by atoms with E-state index >= 15 is 0 Å². The van der Waals surface area contributed by atoms with Gasteiger partial charge in [-0.2, -0.15) is 24.9 Å². The van der Waals surface area contributed by atoms with Crippen molar-refractivity contribution in [1.82, 2.24) is 111 Å². The molecule has 0 spiro atoms. The molecule has 134 heavy (non-hydrogen) atoms. The summed E-state index contributed by atoms with van der Waals surface area (Å²) in [6.07, 6.45) is 6.35. The predicted molar refractivity (Wildman–Crippen MR) is 471 cm³/mol. The molecule has 43 heteroatoms. The van der Waals surface area contributed by atoms with Crippen LogP contribution >= 0.6 is 0 Å². The van der Waals surface area contributed by atoms with Crippen LogP contribution < -0.4 is 58.4 Å². The summed E-state index contributed by atoms with van der Waals surface area (Å²) in [4.78, 5) is 58.9. The SMILES string of the molecule is COC(=O)[C@@H](C)Cn1nnc(-c2cccc([C@@H]3COc4cccnc4O3)c2)n1.COC(=O)[C@H](CO)NC(=O)OC(C)(C)C.C[C@H](CO)Cn1nnc(-c2cccc([C@@H]3COc4cccnc4O3)c2)n1.N#Cc1cccc([C@@H]2COc3cccnc3O2)c1.N[C@H](CO)Cn1nnc(-c2cccc([C@@H]3COc4cccnc4O3)c2)n1.c1cc(-c2nn[nH]n2)cc([C@@H]2COc3cccnc3O2)c1. The molecule has 43 nitrogen and oxygen atoms in total. The smallest absolute Gasteiger partial charge is 0.408 e. The standard InChI is InChI=1S/C19H19N5O4.C18H19N5O3.C17H18N6O3.C14H11N5O2.C14H10N2O2.C9H17NO5/c1-12(19(25)26-2)10-24-22-17(21-23-24)14-6-3-5-13(9-14)16-11-27-15-7-4-8-20-18(15)28-16;1-12(10-24)9-23-21-17(20-22-23)14-5-2-4-13(8-14)16-11-25-15-6-3-7-19-18(15)26-16;18-13(9-24)8-23-21-16(20-22-23)12-4-1-3-11(7-12)15-10-25-14-5-2-6-19-17(14)26-15;1-3-9(7-10(4-1)13-16-18-19-17-13)12-8-20-11-5-2-6-15-14(11)21-12;15-8-10-3-1-4-11(7-10)13-9-17-12-5-2-6-16-14(12)18-13;1-9(2,3)15-8(13)10-6(5-11)7(12)14-4/h3-9,12,16H,10-11H2,1-2H3;2-8,12,16,24H,9-11H2,1H3;1-7,13,15,24H,8-10,18H2;1-7,12H,8H2,(H,16,17,18,19);1-7,13H,9H2;6,11H,5H2,1-4H3,(H,10,13)/t2*12-,16-;13-,15-;12-;13-;6-/m000000/s1. The maximum Gasteiger partial charge on any atom is 0.408 e. The van der Waals surface area contributed by atoms with Crippen molar-refractivity contribution in [3.63, 3.8) is 0 Å². The number of tetrazole rings is 4. The highest BCUT2D eigenvalue weighted by Crippen LogP contribution is 2.41. The number of H-pyrrole nitrogens is 1. The van der Waals surface area contributed by atoms with E-state index in [1.165, 1.54) is 28.6 Å². The van der Waals surface area contributed by atoms with Gasteiger partial charge in [0.05, 0.1) is 64.6 Å². The average molecular weight is 1830 g/mol. The molecule has 1 amide bonds. The summed E-state index contributed by atoms with van der Waals surface area (Å²) in [5.74, 6) is 6.43. The summed E-state index contributed by atoms with van der Waals surface area (Å²) < 4.78 is 72.0. The molecule has 692 valence electrons. The number of pyridine rings is 5. The normalized spacial score (nSPS) is 16.4. The van der Waals surface area contributed by atoms with Gasteiger partial charge in [0.25, 0.3) is 29.4 Å². The third-order valence-corrected chi connectivity index (χ3v) is 19.9. The molecule has 0 aliphatic carbocycles. The number of rotatable bonds is 21. The van der Waals surface area contributed by atoms with Crippen LogP contribution in [0.1, 0.15) is 98.5 Å². The lowest BCUT2D eigenvalue weighted by molar-refractivity contribution is -0.145. The molecule has 19 rings (SSSR count). The molecule has 14 aromatic rings. The number of nitrogens with one attached hydrogen (secondary N) is 2. The van der Waals surface area contributed by atoms with Gasteiger partial charge in [-0.3, -0.25) is 4.79 Å². The number of nitrogens with zero attached hydrogens (tertiary/aromatic N) is 21. The molecule has 0 saturated carbocycles. The van der Waals surface area contributed by atoms with Crippen molar-refractivity contribution in [3.8, 4) is 110 Å². The van der Waals surface area contributed by atoms with Crippen molar-refractivity contribution >= 4 is 18.0 Å². The largest absolute Gasteiger partial charge is 0.484 e. The number of benzene rings is 5. The number of carbonyl (C=O) groups is 3. The lowest BCUT2D eigenvalue weighted by atomic mass is 10.1. The molecule has 0 radical (unpaired) electrons. The molecule has 9 aromatic heterocycles. The summed E-state index contributed by atoms with van der Waals surface area (Å²) >= 11 is 0. The van der Waals surface area contributed by atoms with Crippen LogP contribution in [0.15, 0.2) is 213 Å². The van der Waals surface area contributed by atoms with E-state index < -0.39 is 36.4 Å². The van der Waals surface area contributed by atoms with Crippen LogP contribution in [0.5, 0.6) is 58.1 Å². The number of ether oxygens (including phenoxy) is 13. The van der Waals surface area contributed by atoms with E-state index in [0.29, 0.717) is 140 Å². The molecule has 5 aromatic carbocycles. The fraction of sp³-hybridized carbons (Fsp3) is 0.308. The number of nitriles is 1. The van der Waals surface area contributed by atoms with Crippen molar-refractivity contribution in [3.05, 3.63) is 246 Å². The van der Waals surface area contributed by atoms with Gasteiger partial charge in [-0.1, -0.05) is 98.8 Å². The van der Waals surface area contributed by atoms with Crippen LogP contribution in [-0.4, -0.2) is 224 Å². The van der Waals surface area contributed by atoms with Crippen molar-refractivity contribution in [1.29, 1.82) is 5.26 Å². The van der Waals surface area contributed by atoms with E-state index in [-0.39, 0.29) is 61.5 Å². The molecule has 5 aliphatic heterocycles. The first-order chi connectivity index (χ1) is 65.1. The van der Waals surface area contributed by atoms with Gasteiger partial charge in [-0.15, -0.1) is 40.8 Å². The first-order valence-corrected chi connectivity index (χ1v) is 42.1. The number of fused-ring (bicyclic) bond motifs is 5. The summed E-state index contributed by atoms with van der Waals surface area (Å²) in [6.45, 7) is 11.3. The zero-order valence-corrected chi connectivity index (χ0v) is 73.5. The number of aromatic nitrogens is 21. The maximum absolute atomic E-state index is 11.6. The maximum atomic E-state index is 11.6. The quantitative estimate of drug-likeness (QED) is 0.0289. The number of hydrogen-bond acceptors (Lipinski definition) is 38. The van der Waals surface area contributed by atoms with E-state index in [0.717, 1.165) is 50.1 Å². The highest BCUT2D eigenvalue weighted by Gasteiger charge is 2.32. The summed E-state index contributed by atoms with van der Waals surface area (Å²) in [7, 11) is 2.53. The van der Waals surface area contributed by atoms with Crippen molar-refractivity contribution in [2.24, 2.45) is 17.6 Å². The predicted octanol–water partition coefficient (Wildman–Crippen LogP) is 8.78. The van der Waals surface area contributed by atoms with Gasteiger partial charge in [0, 0.05) is 71.8 Å². The second-order valence-electron chi connectivity index (χ2n) is 31.2. The minimum Gasteiger partial charge on any atom is -0.484 e. The van der Waals surface area contributed by atoms with E-state index in [9.17, 15) is 14.4 Å². The molecule has 0 fully saturated rings. The molecule has 0 bridgehead atoms. The second kappa shape index (κ2) is 45.3. The Hall–Kier alpha value is -16.3.